The predicted octanol–water partition coefficient (Wildman–Crippen LogP) is 3.51. The van der Waals surface area contributed by atoms with Crippen molar-refractivity contribution >= 4 is 23.2 Å². The molecule has 1 aromatic rings. The third-order valence-electron chi connectivity index (χ3n) is 3.93. The molecule has 0 atom stereocenters. The van der Waals surface area contributed by atoms with Crippen LogP contribution in [0.25, 0.3) is 0 Å². The second-order valence-electron chi connectivity index (χ2n) is 5.82. The molecule has 0 spiro atoms. The summed E-state index contributed by atoms with van der Waals surface area (Å²) < 4.78 is 0. The zero-order chi connectivity index (χ0) is 17.9. The molecule has 0 radical (unpaired) electrons. The lowest BCUT2D eigenvalue weighted by molar-refractivity contribution is -0.134. The summed E-state index contributed by atoms with van der Waals surface area (Å²) in [7, 11) is 0. The fourth-order valence-electron chi connectivity index (χ4n) is 2.70. The predicted molar refractivity (Wildman–Crippen MR) is 100 cm³/mol. The maximum Gasteiger partial charge on any atom is 0.233 e. The second kappa shape index (κ2) is 10.7. The summed E-state index contributed by atoms with van der Waals surface area (Å²) in [6.45, 7) is 11.6. The number of hydrogen-bond donors (Lipinski definition) is 1. The lowest BCUT2D eigenvalue weighted by Gasteiger charge is -2.22. The van der Waals surface area contributed by atoms with Crippen LogP contribution in [0.3, 0.4) is 0 Å². The molecule has 0 aliphatic heterocycles. The van der Waals surface area contributed by atoms with Gasteiger partial charge in [-0.15, -0.1) is 0 Å². The zero-order valence-corrected chi connectivity index (χ0v) is 15.5. The number of benzene rings is 1. The number of anilines is 2. The largest absolute Gasteiger partial charge is 0.372 e. The van der Waals surface area contributed by atoms with Crippen LogP contribution in [0.5, 0.6) is 0 Å². The van der Waals surface area contributed by atoms with E-state index in [1.807, 2.05) is 38.1 Å². The van der Waals surface area contributed by atoms with Crippen molar-refractivity contribution in [2.24, 2.45) is 0 Å². The smallest absolute Gasteiger partial charge is 0.233 e. The number of carbonyl (C=O) groups excluding carboxylic acids is 2. The quantitative estimate of drug-likeness (QED) is 0.667. The molecule has 134 valence electrons. The van der Waals surface area contributed by atoms with E-state index in [-0.39, 0.29) is 18.2 Å². The highest BCUT2D eigenvalue weighted by Crippen LogP contribution is 2.17. The Hall–Kier alpha value is -2.04. The maximum absolute atomic E-state index is 12.2. The molecule has 1 rings (SSSR count). The van der Waals surface area contributed by atoms with Crippen LogP contribution in [-0.4, -0.2) is 42.9 Å². The van der Waals surface area contributed by atoms with Gasteiger partial charge < -0.3 is 15.1 Å². The van der Waals surface area contributed by atoms with E-state index in [2.05, 4.69) is 24.1 Å². The SMILES string of the molecule is CCCN(CCC)C(=O)CC(=O)Nc1ccc(N(CC)CC)cc1. The van der Waals surface area contributed by atoms with Crippen LogP contribution in [-0.2, 0) is 9.59 Å². The Morgan fingerprint density at radius 1 is 0.917 bits per heavy atom. The third-order valence-corrected chi connectivity index (χ3v) is 3.93. The van der Waals surface area contributed by atoms with E-state index in [1.165, 1.54) is 0 Å². The Kier molecular flexibility index (Phi) is 8.90. The third kappa shape index (κ3) is 6.22. The van der Waals surface area contributed by atoms with Gasteiger partial charge in [0.2, 0.25) is 11.8 Å². The second-order valence-corrected chi connectivity index (χ2v) is 5.82. The van der Waals surface area contributed by atoms with Gasteiger partial charge >= 0.3 is 0 Å². The molecule has 5 heteroatoms. The average molecular weight is 333 g/mol. The molecule has 2 amide bonds. The number of amides is 2. The molecule has 1 aromatic carbocycles. The molecule has 0 saturated heterocycles. The van der Waals surface area contributed by atoms with E-state index in [1.54, 1.807) is 4.90 Å². The fourth-order valence-corrected chi connectivity index (χ4v) is 2.70. The first-order chi connectivity index (χ1) is 11.5. The van der Waals surface area contributed by atoms with Crippen LogP contribution in [0.15, 0.2) is 24.3 Å². The Morgan fingerprint density at radius 2 is 1.46 bits per heavy atom. The molecule has 0 heterocycles. The molecule has 0 fully saturated rings. The first-order valence-electron chi connectivity index (χ1n) is 8.98. The van der Waals surface area contributed by atoms with Crippen molar-refractivity contribution < 1.29 is 9.59 Å². The number of carbonyl (C=O) groups is 2. The van der Waals surface area contributed by atoms with Gasteiger partial charge in [0, 0.05) is 37.6 Å². The van der Waals surface area contributed by atoms with Crippen molar-refractivity contribution in [3.8, 4) is 0 Å². The van der Waals surface area contributed by atoms with Gasteiger partial charge in [0.15, 0.2) is 0 Å². The Bertz CT molecular complexity index is 504. The van der Waals surface area contributed by atoms with Crippen LogP contribution < -0.4 is 10.2 Å². The van der Waals surface area contributed by atoms with Gasteiger partial charge in [0.25, 0.3) is 0 Å². The van der Waals surface area contributed by atoms with Crippen molar-refractivity contribution in [3.05, 3.63) is 24.3 Å². The number of hydrogen-bond acceptors (Lipinski definition) is 3. The van der Waals surface area contributed by atoms with Gasteiger partial charge in [-0.25, -0.2) is 0 Å². The Balaban J connectivity index is 2.59. The van der Waals surface area contributed by atoms with Gasteiger partial charge in [-0.05, 0) is 51.0 Å². The first-order valence-corrected chi connectivity index (χ1v) is 8.98. The molecule has 5 nitrogen and oxygen atoms in total. The summed E-state index contributed by atoms with van der Waals surface area (Å²) in [6, 6.07) is 7.74. The molecule has 0 saturated carbocycles. The number of nitrogens with zero attached hydrogens (tertiary/aromatic N) is 2. The summed E-state index contributed by atoms with van der Waals surface area (Å²) in [6.07, 6.45) is 1.71. The summed E-state index contributed by atoms with van der Waals surface area (Å²) in [5.41, 5.74) is 1.85. The van der Waals surface area contributed by atoms with Gasteiger partial charge in [-0.2, -0.15) is 0 Å². The van der Waals surface area contributed by atoms with E-state index in [9.17, 15) is 9.59 Å². The molecule has 1 N–H and O–H groups in total. The van der Waals surface area contributed by atoms with Crippen molar-refractivity contribution in [3.63, 3.8) is 0 Å². The highest BCUT2D eigenvalue weighted by Gasteiger charge is 2.16. The van der Waals surface area contributed by atoms with Crippen LogP contribution >= 0.6 is 0 Å². The van der Waals surface area contributed by atoms with Crippen LogP contribution in [0, 0.1) is 0 Å². The normalized spacial score (nSPS) is 10.3. The average Bonchev–Trinajstić information content (AvgIpc) is 2.57. The maximum atomic E-state index is 12.2. The fraction of sp³-hybridized carbons (Fsp3) is 0.579. The summed E-state index contributed by atoms with van der Waals surface area (Å²) in [4.78, 5) is 28.3. The van der Waals surface area contributed by atoms with Gasteiger partial charge in [0.1, 0.15) is 6.42 Å². The molecule has 0 bridgehead atoms. The van der Waals surface area contributed by atoms with Gasteiger partial charge in [-0.1, -0.05) is 13.8 Å². The summed E-state index contributed by atoms with van der Waals surface area (Å²) in [5, 5.41) is 2.81. The Labute approximate surface area is 146 Å². The topological polar surface area (TPSA) is 52.7 Å². The first kappa shape index (κ1) is 20.0. The monoisotopic (exact) mass is 333 g/mol. The van der Waals surface area contributed by atoms with Gasteiger partial charge in [0.05, 0.1) is 0 Å². The van der Waals surface area contributed by atoms with E-state index < -0.39 is 0 Å². The van der Waals surface area contributed by atoms with Crippen LogP contribution in [0.1, 0.15) is 47.0 Å². The minimum absolute atomic E-state index is 0.0994. The van der Waals surface area contributed by atoms with Crippen molar-refractivity contribution in [1.29, 1.82) is 0 Å². The van der Waals surface area contributed by atoms with E-state index in [4.69, 9.17) is 0 Å². The van der Waals surface area contributed by atoms with E-state index >= 15 is 0 Å². The molecule has 0 aliphatic rings. The molecule has 0 aromatic heterocycles. The van der Waals surface area contributed by atoms with Crippen molar-refractivity contribution in [2.75, 3.05) is 36.4 Å². The molecule has 0 unspecified atom stereocenters. The van der Waals surface area contributed by atoms with Gasteiger partial charge in [-0.3, -0.25) is 9.59 Å². The van der Waals surface area contributed by atoms with Crippen LogP contribution in [0.2, 0.25) is 0 Å². The summed E-state index contributed by atoms with van der Waals surface area (Å²) >= 11 is 0. The minimum Gasteiger partial charge on any atom is -0.372 e. The lowest BCUT2D eigenvalue weighted by Crippen LogP contribution is -2.35. The molecule has 24 heavy (non-hydrogen) atoms. The molecular formula is C19H31N3O2. The lowest BCUT2D eigenvalue weighted by atomic mass is 10.2. The Morgan fingerprint density at radius 3 is 1.92 bits per heavy atom. The highest BCUT2D eigenvalue weighted by atomic mass is 16.2. The molecular weight excluding hydrogens is 302 g/mol. The number of nitrogens with one attached hydrogen (secondary N) is 1. The minimum atomic E-state index is -0.257. The van der Waals surface area contributed by atoms with Crippen molar-refractivity contribution in [1.82, 2.24) is 4.90 Å². The van der Waals surface area contributed by atoms with Crippen LogP contribution in [0.4, 0.5) is 11.4 Å². The van der Waals surface area contributed by atoms with Crippen molar-refractivity contribution in [2.45, 2.75) is 47.0 Å². The van der Waals surface area contributed by atoms with E-state index in [0.717, 1.165) is 37.3 Å². The summed E-state index contributed by atoms with van der Waals surface area (Å²) in [5.74, 6) is -0.358. The number of rotatable bonds is 10. The van der Waals surface area contributed by atoms with E-state index in [0.29, 0.717) is 13.1 Å². The zero-order valence-electron chi connectivity index (χ0n) is 15.5. The molecule has 0 aliphatic carbocycles. The highest BCUT2D eigenvalue weighted by molar-refractivity contribution is 6.03. The standard InChI is InChI=1S/C19H31N3O2/c1-5-13-22(14-6-2)19(24)15-18(23)20-16-9-11-17(12-10-16)21(7-3)8-4/h9-12H,5-8,13-15H2,1-4H3,(H,20,23).